The fourth-order valence-electron chi connectivity index (χ4n) is 1.44. The van der Waals surface area contributed by atoms with Crippen LogP contribution in [-0.2, 0) is 9.53 Å². The lowest BCUT2D eigenvalue weighted by Crippen LogP contribution is -2.42. The van der Waals surface area contributed by atoms with E-state index in [2.05, 4.69) is 0 Å². The number of anilines is 1. The van der Waals surface area contributed by atoms with Crippen LogP contribution >= 0.6 is 0 Å². The van der Waals surface area contributed by atoms with Gasteiger partial charge in [0, 0.05) is 6.54 Å². The molecule has 0 N–H and O–H groups in total. The van der Waals surface area contributed by atoms with Crippen LogP contribution in [0.3, 0.4) is 0 Å². The molecule has 1 aromatic rings. The van der Waals surface area contributed by atoms with Crippen LogP contribution in [0.5, 0.6) is 0 Å². The predicted octanol–water partition coefficient (Wildman–Crippen LogP) is 1.19. The molecule has 1 fully saturated rings. The lowest BCUT2D eigenvalue weighted by Gasteiger charge is -2.26. The summed E-state index contributed by atoms with van der Waals surface area (Å²) in [5.74, 6) is -0.566. The average Bonchev–Trinajstić information content (AvgIpc) is 2.20. The molecule has 4 heteroatoms. The van der Waals surface area contributed by atoms with Crippen LogP contribution < -0.4 is 4.90 Å². The highest BCUT2D eigenvalue weighted by Gasteiger charge is 2.21. The van der Waals surface area contributed by atoms with Gasteiger partial charge in [0.25, 0.3) is 5.91 Å². The Morgan fingerprint density at radius 1 is 1.36 bits per heavy atom. The minimum atomic E-state index is -0.372. The van der Waals surface area contributed by atoms with E-state index in [-0.39, 0.29) is 18.3 Å². The predicted molar refractivity (Wildman–Crippen MR) is 49.6 cm³/mol. The summed E-state index contributed by atoms with van der Waals surface area (Å²) in [5, 5.41) is 0. The van der Waals surface area contributed by atoms with Crippen molar-refractivity contribution >= 4 is 11.6 Å². The van der Waals surface area contributed by atoms with Crippen LogP contribution in [0.15, 0.2) is 24.3 Å². The lowest BCUT2D eigenvalue weighted by atomic mass is 10.2. The summed E-state index contributed by atoms with van der Waals surface area (Å²) >= 11 is 0. The van der Waals surface area contributed by atoms with Crippen molar-refractivity contribution in [1.82, 2.24) is 0 Å². The van der Waals surface area contributed by atoms with Gasteiger partial charge in [0.15, 0.2) is 0 Å². The fraction of sp³-hybridized carbons (Fsp3) is 0.300. The van der Waals surface area contributed by atoms with Gasteiger partial charge >= 0.3 is 0 Å². The third-order valence-electron chi connectivity index (χ3n) is 2.13. The Morgan fingerprint density at radius 3 is 2.86 bits per heavy atom. The van der Waals surface area contributed by atoms with Crippen LogP contribution in [0, 0.1) is 5.82 Å². The summed E-state index contributed by atoms with van der Waals surface area (Å²) in [6.45, 7) is 0.911. The van der Waals surface area contributed by atoms with Crippen LogP contribution in [-0.4, -0.2) is 25.7 Å². The molecule has 0 radical (unpaired) electrons. The second-order valence-corrected chi connectivity index (χ2v) is 3.05. The second-order valence-electron chi connectivity index (χ2n) is 3.05. The van der Waals surface area contributed by atoms with Crippen molar-refractivity contribution in [3.8, 4) is 0 Å². The normalized spacial score (nSPS) is 17.2. The smallest absolute Gasteiger partial charge is 0.253 e. The van der Waals surface area contributed by atoms with Gasteiger partial charge in [0.1, 0.15) is 12.4 Å². The van der Waals surface area contributed by atoms with Crippen LogP contribution in [0.25, 0.3) is 0 Å². The van der Waals surface area contributed by atoms with E-state index >= 15 is 0 Å². The molecule has 0 saturated carbocycles. The number of benzene rings is 1. The SMILES string of the molecule is O=C1COCCN1c1ccccc1F. The molecular weight excluding hydrogens is 185 g/mol. The van der Waals surface area contributed by atoms with Crippen LogP contribution in [0.1, 0.15) is 0 Å². The van der Waals surface area contributed by atoms with E-state index in [9.17, 15) is 9.18 Å². The summed E-state index contributed by atoms with van der Waals surface area (Å²) in [6.07, 6.45) is 0. The van der Waals surface area contributed by atoms with Gasteiger partial charge < -0.3 is 9.64 Å². The highest BCUT2D eigenvalue weighted by Crippen LogP contribution is 2.19. The molecule has 1 aliphatic rings. The number of halogens is 1. The summed E-state index contributed by atoms with van der Waals surface area (Å²) < 4.78 is 18.3. The number of rotatable bonds is 1. The van der Waals surface area contributed by atoms with E-state index in [1.807, 2.05) is 0 Å². The number of carbonyl (C=O) groups is 1. The first kappa shape index (κ1) is 9.15. The lowest BCUT2D eigenvalue weighted by molar-refractivity contribution is -0.125. The van der Waals surface area contributed by atoms with Crippen molar-refractivity contribution in [2.75, 3.05) is 24.7 Å². The molecule has 1 saturated heterocycles. The van der Waals surface area contributed by atoms with Gasteiger partial charge in [-0.3, -0.25) is 4.79 Å². The number of carbonyl (C=O) groups excluding carboxylic acids is 1. The highest BCUT2D eigenvalue weighted by atomic mass is 19.1. The van der Waals surface area contributed by atoms with Crippen LogP contribution in [0.4, 0.5) is 10.1 Å². The molecule has 0 aromatic heterocycles. The van der Waals surface area contributed by atoms with Gasteiger partial charge in [0.2, 0.25) is 0 Å². The number of morpholine rings is 1. The summed E-state index contributed by atoms with van der Waals surface area (Å²) in [5.41, 5.74) is 0.334. The molecule has 0 atom stereocenters. The minimum Gasteiger partial charge on any atom is -0.370 e. The quantitative estimate of drug-likeness (QED) is 0.673. The van der Waals surface area contributed by atoms with Crippen molar-refractivity contribution in [2.24, 2.45) is 0 Å². The Kier molecular flexibility index (Phi) is 2.45. The maximum atomic E-state index is 13.3. The average molecular weight is 195 g/mol. The van der Waals surface area contributed by atoms with Crippen LogP contribution in [0.2, 0.25) is 0 Å². The highest BCUT2D eigenvalue weighted by molar-refractivity contribution is 5.94. The molecule has 1 aliphatic heterocycles. The first-order valence-corrected chi connectivity index (χ1v) is 4.41. The molecule has 0 aliphatic carbocycles. The van der Waals surface area contributed by atoms with Crippen molar-refractivity contribution in [3.63, 3.8) is 0 Å². The topological polar surface area (TPSA) is 29.5 Å². The number of para-hydroxylation sites is 1. The minimum absolute atomic E-state index is 0.0360. The number of hydrogen-bond donors (Lipinski definition) is 0. The molecule has 0 unspecified atom stereocenters. The van der Waals surface area contributed by atoms with E-state index < -0.39 is 0 Å². The Balaban J connectivity index is 2.29. The largest absolute Gasteiger partial charge is 0.370 e. The summed E-state index contributed by atoms with van der Waals surface area (Å²) in [7, 11) is 0. The Labute approximate surface area is 81.1 Å². The zero-order chi connectivity index (χ0) is 9.97. The van der Waals surface area contributed by atoms with Crippen molar-refractivity contribution in [2.45, 2.75) is 0 Å². The van der Waals surface area contributed by atoms with Crippen molar-refractivity contribution in [3.05, 3.63) is 30.1 Å². The van der Waals surface area contributed by atoms with Gasteiger partial charge in [-0.25, -0.2) is 4.39 Å². The first-order valence-electron chi connectivity index (χ1n) is 4.41. The molecule has 0 spiro atoms. The molecule has 3 nitrogen and oxygen atoms in total. The molecule has 1 amide bonds. The maximum absolute atomic E-state index is 13.3. The maximum Gasteiger partial charge on any atom is 0.253 e. The molecule has 74 valence electrons. The van der Waals surface area contributed by atoms with E-state index in [1.165, 1.54) is 11.0 Å². The van der Waals surface area contributed by atoms with Gasteiger partial charge in [0.05, 0.1) is 12.3 Å². The third kappa shape index (κ3) is 1.61. The van der Waals surface area contributed by atoms with Crippen molar-refractivity contribution < 1.29 is 13.9 Å². The number of nitrogens with zero attached hydrogens (tertiary/aromatic N) is 1. The van der Waals surface area contributed by atoms with E-state index in [0.29, 0.717) is 18.8 Å². The van der Waals surface area contributed by atoms with E-state index in [1.54, 1.807) is 18.2 Å². The zero-order valence-corrected chi connectivity index (χ0v) is 7.57. The van der Waals surface area contributed by atoms with Gasteiger partial charge in [-0.2, -0.15) is 0 Å². The van der Waals surface area contributed by atoms with Gasteiger partial charge in [-0.05, 0) is 12.1 Å². The Hall–Kier alpha value is -1.42. The molecule has 14 heavy (non-hydrogen) atoms. The van der Waals surface area contributed by atoms with E-state index in [0.717, 1.165) is 0 Å². The van der Waals surface area contributed by atoms with E-state index in [4.69, 9.17) is 4.74 Å². The molecule has 1 aromatic carbocycles. The Bertz CT molecular complexity index is 354. The van der Waals surface area contributed by atoms with Gasteiger partial charge in [-0.15, -0.1) is 0 Å². The van der Waals surface area contributed by atoms with Crippen molar-refractivity contribution in [1.29, 1.82) is 0 Å². The fourth-order valence-corrected chi connectivity index (χ4v) is 1.44. The van der Waals surface area contributed by atoms with Gasteiger partial charge in [-0.1, -0.05) is 12.1 Å². The number of amides is 1. The Morgan fingerprint density at radius 2 is 2.14 bits per heavy atom. The molecule has 0 bridgehead atoms. The molecule has 2 rings (SSSR count). The monoisotopic (exact) mass is 195 g/mol. The number of hydrogen-bond acceptors (Lipinski definition) is 2. The zero-order valence-electron chi connectivity index (χ0n) is 7.57. The summed E-state index contributed by atoms with van der Waals surface area (Å²) in [4.78, 5) is 12.8. The first-order chi connectivity index (χ1) is 6.79. The molecular formula is C10H10FNO2. The number of ether oxygens (including phenoxy) is 1. The second kappa shape index (κ2) is 3.75. The standard InChI is InChI=1S/C10H10FNO2/c11-8-3-1-2-4-9(8)12-5-6-14-7-10(12)13/h1-4H,5-7H2. The third-order valence-corrected chi connectivity index (χ3v) is 2.13. The molecule has 1 heterocycles. The summed E-state index contributed by atoms with van der Waals surface area (Å²) in [6, 6.07) is 6.25.